The van der Waals surface area contributed by atoms with Gasteiger partial charge in [-0.2, -0.15) is 0 Å². The molecular formula is C10H19NO3. The van der Waals surface area contributed by atoms with Gasteiger partial charge >= 0.3 is 5.97 Å². The molecular weight excluding hydrogens is 182 g/mol. The zero-order chi connectivity index (χ0) is 10.8. The van der Waals surface area contributed by atoms with Gasteiger partial charge in [-0.15, -0.1) is 0 Å². The Morgan fingerprint density at radius 1 is 1.79 bits per heavy atom. The number of hydrogen-bond acceptors (Lipinski definition) is 3. The largest absolute Gasteiger partial charge is 0.479 e. The Hall–Kier alpha value is -0.610. The Bertz CT molecular complexity index is 219. The molecule has 0 amide bonds. The maximum absolute atomic E-state index is 10.7. The molecule has 3 atom stereocenters. The fourth-order valence-electron chi connectivity index (χ4n) is 2.11. The zero-order valence-electron chi connectivity index (χ0n) is 8.82. The number of hydrogen-bond donors (Lipinski definition) is 2. The van der Waals surface area contributed by atoms with Gasteiger partial charge in [0.25, 0.3) is 0 Å². The fourth-order valence-corrected chi connectivity index (χ4v) is 2.11. The zero-order valence-corrected chi connectivity index (χ0v) is 8.82. The smallest absolute Gasteiger partial charge is 0.332 e. The van der Waals surface area contributed by atoms with Crippen molar-refractivity contribution in [3.8, 4) is 0 Å². The Balaban J connectivity index is 2.58. The van der Waals surface area contributed by atoms with Crippen molar-refractivity contribution in [2.24, 2.45) is 11.7 Å². The summed E-state index contributed by atoms with van der Waals surface area (Å²) < 4.78 is 5.56. The second-order valence-electron chi connectivity index (χ2n) is 4.33. The molecule has 0 aromatic rings. The molecule has 0 aromatic heterocycles. The van der Waals surface area contributed by atoms with Gasteiger partial charge in [0.05, 0.1) is 5.60 Å². The van der Waals surface area contributed by atoms with Crippen LogP contribution in [-0.2, 0) is 9.53 Å². The Morgan fingerprint density at radius 2 is 2.43 bits per heavy atom. The molecule has 1 fully saturated rings. The van der Waals surface area contributed by atoms with Gasteiger partial charge in [0.1, 0.15) is 0 Å². The van der Waals surface area contributed by atoms with E-state index in [4.69, 9.17) is 15.6 Å². The third-order valence-corrected chi connectivity index (χ3v) is 2.96. The lowest BCUT2D eigenvalue weighted by Gasteiger charge is -2.30. The lowest BCUT2D eigenvalue weighted by molar-refractivity contribution is -0.161. The predicted molar refractivity (Wildman–Crippen MR) is 53.0 cm³/mol. The Kier molecular flexibility index (Phi) is 3.50. The fraction of sp³-hybridized carbons (Fsp3) is 0.900. The molecule has 1 rings (SSSR count). The SMILES string of the molecule is CC1CCC(CN)(OC(C)C(=O)O)C1. The van der Waals surface area contributed by atoms with Crippen LogP contribution in [0.4, 0.5) is 0 Å². The van der Waals surface area contributed by atoms with E-state index in [9.17, 15) is 4.79 Å². The minimum Gasteiger partial charge on any atom is -0.479 e. The summed E-state index contributed by atoms with van der Waals surface area (Å²) >= 11 is 0. The molecule has 3 N–H and O–H groups in total. The van der Waals surface area contributed by atoms with Gasteiger partial charge in [-0.3, -0.25) is 0 Å². The highest BCUT2D eigenvalue weighted by Crippen LogP contribution is 2.37. The maximum atomic E-state index is 10.7. The first-order valence-electron chi connectivity index (χ1n) is 5.10. The number of nitrogens with two attached hydrogens (primary N) is 1. The first-order chi connectivity index (χ1) is 6.49. The summed E-state index contributed by atoms with van der Waals surface area (Å²) in [6.45, 7) is 4.11. The van der Waals surface area contributed by atoms with Crippen LogP contribution in [0, 0.1) is 5.92 Å². The predicted octanol–water partition coefficient (Wildman–Crippen LogP) is 0.994. The van der Waals surface area contributed by atoms with Crippen molar-refractivity contribution in [1.29, 1.82) is 0 Å². The van der Waals surface area contributed by atoms with Crippen molar-refractivity contribution < 1.29 is 14.6 Å². The first-order valence-corrected chi connectivity index (χ1v) is 5.10. The molecule has 4 heteroatoms. The van der Waals surface area contributed by atoms with Crippen LogP contribution in [0.1, 0.15) is 33.1 Å². The molecule has 0 bridgehead atoms. The summed E-state index contributed by atoms with van der Waals surface area (Å²) in [6, 6.07) is 0. The molecule has 1 aliphatic rings. The van der Waals surface area contributed by atoms with E-state index in [2.05, 4.69) is 6.92 Å². The number of carbonyl (C=O) groups is 1. The van der Waals surface area contributed by atoms with E-state index in [0.29, 0.717) is 12.5 Å². The van der Waals surface area contributed by atoms with Gasteiger partial charge in [-0.1, -0.05) is 6.92 Å². The average molecular weight is 201 g/mol. The molecule has 82 valence electrons. The standard InChI is InChI=1S/C10H19NO3/c1-7-3-4-10(5-7,6-11)14-8(2)9(12)13/h7-8H,3-6,11H2,1-2H3,(H,12,13). The van der Waals surface area contributed by atoms with Gasteiger partial charge in [-0.25, -0.2) is 4.79 Å². The summed E-state index contributed by atoms with van der Waals surface area (Å²) in [4.78, 5) is 10.7. The number of carboxylic acid groups (broad SMARTS) is 1. The van der Waals surface area contributed by atoms with Gasteiger partial charge < -0.3 is 15.6 Å². The van der Waals surface area contributed by atoms with Crippen LogP contribution in [0.15, 0.2) is 0 Å². The normalized spacial score (nSPS) is 34.4. The van der Waals surface area contributed by atoms with Crippen molar-refractivity contribution in [2.75, 3.05) is 6.54 Å². The Labute approximate surface area is 84.4 Å². The van der Waals surface area contributed by atoms with Crippen LogP contribution >= 0.6 is 0 Å². The van der Waals surface area contributed by atoms with Gasteiger partial charge in [0, 0.05) is 6.54 Å². The van der Waals surface area contributed by atoms with Gasteiger partial charge in [0.2, 0.25) is 0 Å². The van der Waals surface area contributed by atoms with E-state index in [1.165, 1.54) is 0 Å². The Morgan fingerprint density at radius 3 is 2.79 bits per heavy atom. The second kappa shape index (κ2) is 4.28. The van der Waals surface area contributed by atoms with E-state index in [-0.39, 0.29) is 0 Å². The minimum atomic E-state index is -0.919. The van der Waals surface area contributed by atoms with E-state index in [1.807, 2.05) is 0 Å². The summed E-state index contributed by atoms with van der Waals surface area (Å²) in [5, 5.41) is 8.75. The molecule has 1 aliphatic carbocycles. The summed E-state index contributed by atoms with van der Waals surface area (Å²) in [6.07, 6.45) is 2.07. The van der Waals surface area contributed by atoms with E-state index in [0.717, 1.165) is 19.3 Å². The molecule has 3 unspecified atom stereocenters. The van der Waals surface area contributed by atoms with Crippen molar-refractivity contribution >= 4 is 5.97 Å². The molecule has 4 nitrogen and oxygen atoms in total. The monoisotopic (exact) mass is 201 g/mol. The number of ether oxygens (including phenoxy) is 1. The molecule has 0 heterocycles. The highest BCUT2D eigenvalue weighted by atomic mass is 16.5. The molecule has 0 spiro atoms. The average Bonchev–Trinajstić information content (AvgIpc) is 2.48. The molecule has 0 radical (unpaired) electrons. The van der Waals surface area contributed by atoms with Crippen LogP contribution in [0.3, 0.4) is 0 Å². The van der Waals surface area contributed by atoms with Crippen molar-refractivity contribution in [1.82, 2.24) is 0 Å². The molecule has 1 saturated carbocycles. The van der Waals surface area contributed by atoms with Gasteiger partial charge in [0.15, 0.2) is 6.10 Å². The topological polar surface area (TPSA) is 72.5 Å². The molecule has 0 saturated heterocycles. The highest BCUT2D eigenvalue weighted by Gasteiger charge is 2.39. The van der Waals surface area contributed by atoms with E-state index >= 15 is 0 Å². The third kappa shape index (κ3) is 2.45. The van der Waals surface area contributed by atoms with Crippen LogP contribution in [0.25, 0.3) is 0 Å². The minimum absolute atomic E-state index is 0.392. The van der Waals surface area contributed by atoms with Crippen molar-refractivity contribution in [3.05, 3.63) is 0 Å². The molecule has 0 aromatic carbocycles. The lowest BCUT2D eigenvalue weighted by atomic mass is 10.0. The van der Waals surface area contributed by atoms with Crippen LogP contribution in [0.5, 0.6) is 0 Å². The number of rotatable bonds is 4. The third-order valence-electron chi connectivity index (χ3n) is 2.96. The van der Waals surface area contributed by atoms with Crippen LogP contribution in [-0.4, -0.2) is 29.3 Å². The lowest BCUT2D eigenvalue weighted by Crippen LogP contribution is -2.42. The van der Waals surface area contributed by atoms with E-state index in [1.54, 1.807) is 6.92 Å². The highest BCUT2D eigenvalue weighted by molar-refractivity contribution is 5.71. The van der Waals surface area contributed by atoms with Crippen molar-refractivity contribution in [2.45, 2.75) is 44.8 Å². The van der Waals surface area contributed by atoms with Gasteiger partial charge in [-0.05, 0) is 32.1 Å². The first kappa shape index (κ1) is 11.5. The van der Waals surface area contributed by atoms with Crippen LogP contribution in [0.2, 0.25) is 0 Å². The van der Waals surface area contributed by atoms with Crippen molar-refractivity contribution in [3.63, 3.8) is 0 Å². The number of aliphatic carboxylic acids is 1. The summed E-state index contributed by atoms with van der Waals surface area (Å²) in [7, 11) is 0. The van der Waals surface area contributed by atoms with Crippen LogP contribution < -0.4 is 5.73 Å². The molecule has 0 aliphatic heterocycles. The summed E-state index contributed by atoms with van der Waals surface area (Å²) in [5.41, 5.74) is 5.27. The quantitative estimate of drug-likeness (QED) is 0.711. The summed E-state index contributed by atoms with van der Waals surface area (Å²) in [5.74, 6) is -0.336. The second-order valence-corrected chi connectivity index (χ2v) is 4.33. The van der Waals surface area contributed by atoms with E-state index < -0.39 is 17.7 Å². The maximum Gasteiger partial charge on any atom is 0.332 e. The number of carboxylic acids is 1. The molecule has 14 heavy (non-hydrogen) atoms.